The number of nitrogens with zero attached hydrogens (tertiary/aromatic N) is 1. The third-order valence-electron chi connectivity index (χ3n) is 4.39. The zero-order valence-corrected chi connectivity index (χ0v) is 11.2. The molecule has 16 heavy (non-hydrogen) atoms. The van der Waals surface area contributed by atoms with E-state index in [1.807, 2.05) is 0 Å². The van der Waals surface area contributed by atoms with Crippen LogP contribution in [0.5, 0.6) is 0 Å². The highest BCUT2D eigenvalue weighted by Crippen LogP contribution is 2.25. The van der Waals surface area contributed by atoms with E-state index in [2.05, 4.69) is 31.0 Å². The summed E-state index contributed by atoms with van der Waals surface area (Å²) in [4.78, 5) is 2.69. The van der Waals surface area contributed by atoms with Crippen molar-refractivity contribution in [2.45, 2.75) is 58.5 Å². The molecule has 1 saturated heterocycles. The van der Waals surface area contributed by atoms with E-state index in [9.17, 15) is 0 Å². The van der Waals surface area contributed by atoms with Crippen LogP contribution in [0.25, 0.3) is 0 Å². The van der Waals surface area contributed by atoms with Crippen molar-refractivity contribution in [2.75, 3.05) is 19.6 Å². The lowest BCUT2D eigenvalue weighted by atomic mass is 9.95. The monoisotopic (exact) mass is 224 g/mol. The molecule has 0 aromatic rings. The molecule has 94 valence electrons. The van der Waals surface area contributed by atoms with E-state index in [1.165, 1.54) is 45.3 Å². The van der Waals surface area contributed by atoms with Crippen molar-refractivity contribution >= 4 is 0 Å². The van der Waals surface area contributed by atoms with Gasteiger partial charge in [0.2, 0.25) is 0 Å². The fourth-order valence-corrected chi connectivity index (χ4v) is 2.73. The van der Waals surface area contributed by atoms with E-state index >= 15 is 0 Å². The number of likely N-dealkylation sites (tertiary alicyclic amines) is 1. The summed E-state index contributed by atoms with van der Waals surface area (Å²) in [6.07, 6.45) is 5.56. The summed E-state index contributed by atoms with van der Waals surface area (Å²) in [5, 5.41) is 3.62. The molecule has 1 saturated carbocycles. The Bertz CT molecular complexity index is 211. The topological polar surface area (TPSA) is 15.3 Å². The molecule has 2 atom stereocenters. The second-order valence-corrected chi connectivity index (χ2v) is 6.15. The molecule has 2 nitrogen and oxygen atoms in total. The summed E-state index contributed by atoms with van der Waals surface area (Å²) in [6.45, 7) is 11.0. The van der Waals surface area contributed by atoms with Crippen LogP contribution < -0.4 is 5.32 Å². The largest absolute Gasteiger partial charge is 0.314 e. The number of nitrogens with one attached hydrogen (secondary N) is 1. The summed E-state index contributed by atoms with van der Waals surface area (Å²) in [7, 11) is 0. The third-order valence-corrected chi connectivity index (χ3v) is 4.39. The fourth-order valence-electron chi connectivity index (χ4n) is 2.73. The Balaban J connectivity index is 1.62. The van der Waals surface area contributed by atoms with Gasteiger partial charge in [0.1, 0.15) is 0 Å². The van der Waals surface area contributed by atoms with Gasteiger partial charge in [0, 0.05) is 18.6 Å². The maximum absolute atomic E-state index is 3.62. The van der Waals surface area contributed by atoms with Gasteiger partial charge >= 0.3 is 0 Å². The molecule has 2 rings (SSSR count). The van der Waals surface area contributed by atoms with E-state index < -0.39 is 0 Å². The fraction of sp³-hybridized carbons (Fsp3) is 1.00. The van der Waals surface area contributed by atoms with Gasteiger partial charge in [-0.15, -0.1) is 0 Å². The number of hydrogen-bond donors (Lipinski definition) is 1. The maximum atomic E-state index is 3.62. The van der Waals surface area contributed by atoms with E-state index in [0.717, 1.165) is 23.9 Å². The molecular formula is C14H28N2. The Morgan fingerprint density at radius 2 is 1.94 bits per heavy atom. The smallest absolute Gasteiger partial charge is 0.00791 e. The first-order valence-corrected chi connectivity index (χ1v) is 7.14. The van der Waals surface area contributed by atoms with Gasteiger partial charge in [0.05, 0.1) is 0 Å². The molecule has 2 fully saturated rings. The molecule has 0 spiro atoms. The number of hydrogen-bond acceptors (Lipinski definition) is 2. The van der Waals surface area contributed by atoms with Gasteiger partial charge in [0.15, 0.2) is 0 Å². The summed E-state index contributed by atoms with van der Waals surface area (Å²) in [5.74, 6) is 1.81. The van der Waals surface area contributed by atoms with Crippen LogP contribution in [0.3, 0.4) is 0 Å². The van der Waals surface area contributed by atoms with Crippen molar-refractivity contribution in [3.63, 3.8) is 0 Å². The molecule has 1 aliphatic heterocycles. The Labute approximate surface area is 101 Å². The van der Waals surface area contributed by atoms with Crippen molar-refractivity contribution in [1.29, 1.82) is 0 Å². The minimum atomic E-state index is 0.773. The van der Waals surface area contributed by atoms with E-state index in [0.29, 0.717) is 0 Å². The van der Waals surface area contributed by atoms with Crippen LogP contribution in [0, 0.1) is 11.8 Å². The molecule has 1 aliphatic carbocycles. The van der Waals surface area contributed by atoms with Gasteiger partial charge in [-0.2, -0.15) is 0 Å². The molecule has 0 bridgehead atoms. The Morgan fingerprint density at radius 3 is 2.50 bits per heavy atom. The third kappa shape index (κ3) is 3.46. The van der Waals surface area contributed by atoms with Crippen molar-refractivity contribution in [3.8, 4) is 0 Å². The first-order valence-electron chi connectivity index (χ1n) is 7.14. The van der Waals surface area contributed by atoms with Gasteiger partial charge < -0.3 is 10.2 Å². The first-order chi connectivity index (χ1) is 7.66. The van der Waals surface area contributed by atoms with E-state index in [4.69, 9.17) is 0 Å². The highest BCUT2D eigenvalue weighted by Gasteiger charge is 2.28. The average Bonchev–Trinajstić information content (AvgIpc) is 2.93. The molecule has 0 amide bonds. The van der Waals surface area contributed by atoms with Gasteiger partial charge in [-0.3, -0.25) is 0 Å². The van der Waals surface area contributed by atoms with Crippen LogP contribution in [0.15, 0.2) is 0 Å². The van der Waals surface area contributed by atoms with Crippen LogP contribution in [-0.4, -0.2) is 36.6 Å². The minimum Gasteiger partial charge on any atom is -0.314 e. The molecule has 2 aliphatic rings. The lowest BCUT2D eigenvalue weighted by Gasteiger charge is -2.25. The summed E-state index contributed by atoms with van der Waals surface area (Å²) >= 11 is 0. The maximum Gasteiger partial charge on any atom is 0.00791 e. The Morgan fingerprint density at radius 1 is 1.19 bits per heavy atom. The second-order valence-electron chi connectivity index (χ2n) is 6.15. The summed E-state index contributed by atoms with van der Waals surface area (Å²) < 4.78 is 0. The first kappa shape index (κ1) is 12.4. The van der Waals surface area contributed by atoms with Crippen molar-refractivity contribution in [2.24, 2.45) is 11.8 Å². The summed E-state index contributed by atoms with van der Waals surface area (Å²) in [6, 6.07) is 1.64. The van der Waals surface area contributed by atoms with Gasteiger partial charge in [0.25, 0.3) is 0 Å². The predicted molar refractivity (Wildman–Crippen MR) is 69.6 cm³/mol. The van der Waals surface area contributed by atoms with Gasteiger partial charge in [-0.25, -0.2) is 0 Å². The molecule has 1 heterocycles. The lowest BCUT2D eigenvalue weighted by molar-refractivity contribution is 0.227. The highest BCUT2D eigenvalue weighted by atomic mass is 15.2. The van der Waals surface area contributed by atoms with Crippen LogP contribution in [0.2, 0.25) is 0 Å². The van der Waals surface area contributed by atoms with Crippen LogP contribution in [0.1, 0.15) is 46.5 Å². The van der Waals surface area contributed by atoms with Crippen LogP contribution in [-0.2, 0) is 0 Å². The van der Waals surface area contributed by atoms with Gasteiger partial charge in [-0.05, 0) is 57.5 Å². The van der Waals surface area contributed by atoms with Gasteiger partial charge in [-0.1, -0.05) is 13.8 Å². The van der Waals surface area contributed by atoms with E-state index in [-0.39, 0.29) is 0 Å². The quantitative estimate of drug-likeness (QED) is 0.746. The molecule has 2 unspecified atom stereocenters. The highest BCUT2D eigenvalue weighted by molar-refractivity contribution is 4.84. The second kappa shape index (κ2) is 5.50. The summed E-state index contributed by atoms with van der Waals surface area (Å²) in [5.41, 5.74) is 0. The molecule has 0 radical (unpaired) electrons. The SMILES string of the molecule is CC(C)C1CCN(C(C)CCNC2CC2)C1. The number of rotatable bonds is 6. The molecule has 0 aromatic heterocycles. The molecule has 1 N–H and O–H groups in total. The van der Waals surface area contributed by atoms with Crippen molar-refractivity contribution in [3.05, 3.63) is 0 Å². The molecular weight excluding hydrogens is 196 g/mol. The predicted octanol–water partition coefficient (Wildman–Crippen LogP) is 2.49. The minimum absolute atomic E-state index is 0.773. The molecule has 2 heteroatoms. The lowest BCUT2D eigenvalue weighted by Crippen LogP contribution is -2.34. The average molecular weight is 224 g/mol. The normalized spacial score (nSPS) is 28.9. The van der Waals surface area contributed by atoms with Crippen LogP contribution >= 0.6 is 0 Å². The van der Waals surface area contributed by atoms with Crippen molar-refractivity contribution in [1.82, 2.24) is 10.2 Å². The Hall–Kier alpha value is -0.0800. The van der Waals surface area contributed by atoms with Crippen LogP contribution in [0.4, 0.5) is 0 Å². The molecule has 0 aromatic carbocycles. The zero-order chi connectivity index (χ0) is 11.5. The van der Waals surface area contributed by atoms with E-state index in [1.54, 1.807) is 0 Å². The Kier molecular flexibility index (Phi) is 4.26. The standard InChI is InChI=1S/C14H28N2/c1-11(2)13-7-9-16(10-13)12(3)6-8-15-14-4-5-14/h11-15H,4-10H2,1-3H3. The zero-order valence-electron chi connectivity index (χ0n) is 11.2. The van der Waals surface area contributed by atoms with Crippen molar-refractivity contribution < 1.29 is 0 Å².